The number of hydrogen-bond acceptors (Lipinski definition) is 4. The molecule has 2 aromatic rings. The van der Waals surface area contributed by atoms with Crippen LogP contribution in [0.3, 0.4) is 0 Å². The summed E-state index contributed by atoms with van der Waals surface area (Å²) in [7, 11) is -2.02. The van der Waals surface area contributed by atoms with Gasteiger partial charge >= 0.3 is 0 Å². The van der Waals surface area contributed by atoms with Crippen LogP contribution in [0.5, 0.6) is 5.75 Å². The van der Waals surface area contributed by atoms with E-state index >= 15 is 0 Å². The molecule has 1 N–H and O–H groups in total. The molecule has 1 aromatic heterocycles. The highest BCUT2D eigenvalue weighted by Gasteiger charge is 2.30. The molecular weight excluding hydrogens is 342 g/mol. The zero-order valence-corrected chi connectivity index (χ0v) is 14.8. The molecule has 1 aliphatic heterocycles. The van der Waals surface area contributed by atoms with Gasteiger partial charge in [-0.1, -0.05) is 0 Å². The Bertz CT molecular complexity index is 808. The van der Waals surface area contributed by atoms with E-state index in [0.717, 1.165) is 5.56 Å². The van der Waals surface area contributed by atoms with E-state index in [1.165, 1.54) is 23.5 Å². The van der Waals surface area contributed by atoms with Crippen LogP contribution in [0.25, 0.3) is 0 Å². The summed E-state index contributed by atoms with van der Waals surface area (Å²) in [4.78, 5) is 17.2. The zero-order chi connectivity index (χ0) is 17.9. The van der Waals surface area contributed by atoms with Gasteiger partial charge in [0.25, 0.3) is 0 Å². The predicted octanol–water partition coefficient (Wildman–Crippen LogP) is 1.10. The van der Waals surface area contributed by atoms with E-state index in [1.807, 2.05) is 6.07 Å². The molecule has 1 aromatic carbocycles. The number of ether oxygens (including phenoxy) is 1. The van der Waals surface area contributed by atoms with Crippen molar-refractivity contribution in [2.24, 2.45) is 0 Å². The minimum atomic E-state index is -3.55. The summed E-state index contributed by atoms with van der Waals surface area (Å²) in [6, 6.07) is 8.20. The SMILES string of the molecule is COc1ccc(S(=O)(=O)N2CCN(C(=O)Cc3cc[nH]c3)CC2)cc1. The molecule has 0 unspecified atom stereocenters. The molecule has 0 spiro atoms. The summed E-state index contributed by atoms with van der Waals surface area (Å²) < 4.78 is 31.9. The third-order valence-corrected chi connectivity index (χ3v) is 6.22. The maximum Gasteiger partial charge on any atom is 0.243 e. The highest BCUT2D eigenvalue weighted by atomic mass is 32.2. The summed E-state index contributed by atoms with van der Waals surface area (Å²) >= 11 is 0. The second kappa shape index (κ2) is 7.28. The Balaban J connectivity index is 1.61. The summed E-state index contributed by atoms with van der Waals surface area (Å²) in [6.45, 7) is 1.40. The van der Waals surface area contributed by atoms with Crippen molar-refractivity contribution >= 4 is 15.9 Å². The Kier molecular flexibility index (Phi) is 5.10. The van der Waals surface area contributed by atoms with Gasteiger partial charge in [-0.15, -0.1) is 0 Å². The smallest absolute Gasteiger partial charge is 0.243 e. The third-order valence-electron chi connectivity index (χ3n) is 4.31. The average molecular weight is 363 g/mol. The van der Waals surface area contributed by atoms with Crippen LogP contribution in [0.2, 0.25) is 0 Å². The van der Waals surface area contributed by atoms with Crippen molar-refractivity contribution in [2.45, 2.75) is 11.3 Å². The van der Waals surface area contributed by atoms with Crippen molar-refractivity contribution in [3.05, 3.63) is 48.3 Å². The molecular formula is C17H21N3O4S. The second-order valence-electron chi connectivity index (χ2n) is 5.86. The summed E-state index contributed by atoms with van der Waals surface area (Å²) in [5, 5.41) is 0. The summed E-state index contributed by atoms with van der Waals surface area (Å²) in [5.74, 6) is 0.625. The van der Waals surface area contributed by atoms with Crippen LogP contribution < -0.4 is 4.74 Å². The number of amides is 1. The maximum atomic E-state index is 12.7. The van der Waals surface area contributed by atoms with E-state index in [9.17, 15) is 13.2 Å². The van der Waals surface area contributed by atoms with Crippen molar-refractivity contribution in [1.29, 1.82) is 0 Å². The first-order valence-electron chi connectivity index (χ1n) is 8.04. The van der Waals surface area contributed by atoms with E-state index in [2.05, 4.69) is 4.98 Å². The van der Waals surface area contributed by atoms with E-state index in [-0.39, 0.29) is 10.8 Å². The van der Waals surface area contributed by atoms with Crippen molar-refractivity contribution in [2.75, 3.05) is 33.3 Å². The number of aromatic nitrogens is 1. The lowest BCUT2D eigenvalue weighted by molar-refractivity contribution is -0.131. The van der Waals surface area contributed by atoms with Gasteiger partial charge in [-0.05, 0) is 35.9 Å². The normalized spacial score (nSPS) is 16.0. The first-order valence-corrected chi connectivity index (χ1v) is 9.48. The van der Waals surface area contributed by atoms with E-state index in [1.54, 1.807) is 29.4 Å². The van der Waals surface area contributed by atoms with Crippen molar-refractivity contribution in [1.82, 2.24) is 14.2 Å². The molecule has 7 nitrogen and oxygen atoms in total. The van der Waals surface area contributed by atoms with Crippen LogP contribution in [0, 0.1) is 0 Å². The molecule has 1 saturated heterocycles. The Morgan fingerprint density at radius 2 is 1.80 bits per heavy atom. The van der Waals surface area contributed by atoms with Gasteiger partial charge in [0, 0.05) is 38.6 Å². The molecule has 134 valence electrons. The molecule has 25 heavy (non-hydrogen) atoms. The Morgan fingerprint density at radius 3 is 2.36 bits per heavy atom. The van der Waals surface area contributed by atoms with Crippen LogP contribution in [0.15, 0.2) is 47.6 Å². The number of nitrogens with one attached hydrogen (secondary N) is 1. The van der Waals surface area contributed by atoms with Gasteiger partial charge in [0.1, 0.15) is 5.75 Å². The van der Waals surface area contributed by atoms with Gasteiger partial charge in [-0.25, -0.2) is 8.42 Å². The molecule has 1 amide bonds. The molecule has 0 radical (unpaired) electrons. The lowest BCUT2D eigenvalue weighted by Gasteiger charge is -2.34. The van der Waals surface area contributed by atoms with Gasteiger partial charge in [-0.3, -0.25) is 4.79 Å². The molecule has 3 rings (SSSR count). The molecule has 2 heterocycles. The fourth-order valence-corrected chi connectivity index (χ4v) is 4.25. The van der Waals surface area contributed by atoms with Crippen LogP contribution in [0.4, 0.5) is 0 Å². The monoisotopic (exact) mass is 363 g/mol. The summed E-state index contributed by atoms with van der Waals surface area (Å²) in [6.07, 6.45) is 3.90. The highest BCUT2D eigenvalue weighted by molar-refractivity contribution is 7.89. The lowest BCUT2D eigenvalue weighted by atomic mass is 10.2. The number of rotatable bonds is 5. The largest absolute Gasteiger partial charge is 0.497 e. The molecule has 0 aliphatic carbocycles. The number of methoxy groups -OCH3 is 1. The van der Waals surface area contributed by atoms with Crippen molar-refractivity contribution in [3.63, 3.8) is 0 Å². The van der Waals surface area contributed by atoms with Crippen molar-refractivity contribution in [3.8, 4) is 5.75 Å². The molecule has 0 saturated carbocycles. The number of benzene rings is 1. The fourth-order valence-electron chi connectivity index (χ4n) is 2.83. The van der Waals surface area contributed by atoms with Crippen molar-refractivity contribution < 1.29 is 17.9 Å². The standard InChI is InChI=1S/C17H21N3O4S/c1-24-15-2-4-16(5-3-15)25(22,23)20-10-8-19(9-11-20)17(21)12-14-6-7-18-13-14/h2-7,13,18H,8-12H2,1H3. The average Bonchev–Trinajstić information content (AvgIpc) is 3.15. The van der Waals surface area contributed by atoms with Gasteiger partial charge in [0.15, 0.2) is 0 Å². The second-order valence-corrected chi connectivity index (χ2v) is 7.79. The number of hydrogen-bond donors (Lipinski definition) is 1. The number of sulfonamides is 1. The molecule has 1 fully saturated rings. The number of piperazine rings is 1. The Hall–Kier alpha value is -2.32. The van der Waals surface area contributed by atoms with E-state index in [4.69, 9.17) is 4.74 Å². The first kappa shape index (κ1) is 17.5. The van der Waals surface area contributed by atoms with Gasteiger partial charge in [0.05, 0.1) is 18.4 Å². The van der Waals surface area contributed by atoms with Gasteiger partial charge < -0.3 is 14.6 Å². The quantitative estimate of drug-likeness (QED) is 0.862. The number of aromatic amines is 1. The Labute approximate surface area is 147 Å². The predicted molar refractivity (Wildman–Crippen MR) is 92.8 cm³/mol. The number of nitrogens with zero attached hydrogens (tertiary/aromatic N) is 2. The van der Waals surface area contributed by atoms with Crippen LogP contribution >= 0.6 is 0 Å². The maximum absolute atomic E-state index is 12.7. The summed E-state index contributed by atoms with van der Waals surface area (Å²) in [5.41, 5.74) is 0.929. The number of carbonyl (C=O) groups is 1. The number of H-pyrrole nitrogens is 1. The first-order chi connectivity index (χ1) is 12.0. The van der Waals surface area contributed by atoms with Crippen LogP contribution in [-0.4, -0.2) is 61.8 Å². The van der Waals surface area contributed by atoms with Crippen LogP contribution in [0.1, 0.15) is 5.56 Å². The Morgan fingerprint density at radius 1 is 1.12 bits per heavy atom. The molecule has 0 bridgehead atoms. The topological polar surface area (TPSA) is 82.7 Å². The molecule has 8 heteroatoms. The minimum absolute atomic E-state index is 0.0149. The fraction of sp³-hybridized carbons (Fsp3) is 0.353. The minimum Gasteiger partial charge on any atom is -0.497 e. The molecule has 1 aliphatic rings. The number of carbonyl (C=O) groups excluding carboxylic acids is 1. The third kappa shape index (κ3) is 3.85. The highest BCUT2D eigenvalue weighted by Crippen LogP contribution is 2.20. The zero-order valence-electron chi connectivity index (χ0n) is 14.0. The molecule has 0 atom stereocenters. The van der Waals surface area contributed by atoms with E-state index < -0.39 is 10.0 Å². The van der Waals surface area contributed by atoms with Gasteiger partial charge in [0.2, 0.25) is 15.9 Å². The van der Waals surface area contributed by atoms with E-state index in [0.29, 0.717) is 38.3 Å². The lowest BCUT2D eigenvalue weighted by Crippen LogP contribution is -2.50. The van der Waals surface area contributed by atoms with Gasteiger partial charge in [-0.2, -0.15) is 4.31 Å². The van der Waals surface area contributed by atoms with Crippen LogP contribution in [-0.2, 0) is 21.2 Å².